The summed E-state index contributed by atoms with van der Waals surface area (Å²) in [5.41, 5.74) is 1.04. The quantitative estimate of drug-likeness (QED) is 0.786. The molecule has 21 heavy (non-hydrogen) atoms. The zero-order valence-corrected chi connectivity index (χ0v) is 11.9. The Bertz CT molecular complexity index is 464. The minimum Gasteiger partial charge on any atom is -0.464 e. The second kappa shape index (κ2) is 7.36. The van der Waals surface area contributed by atoms with Crippen LogP contribution in [0.4, 0.5) is 8.78 Å². The van der Waals surface area contributed by atoms with Gasteiger partial charge in [0.15, 0.2) is 0 Å². The number of nitrogens with one attached hydrogen (secondary N) is 1. The molecule has 1 N–H and O–H groups in total. The molecule has 6 heteroatoms. The van der Waals surface area contributed by atoms with Crippen LogP contribution in [-0.2, 0) is 16.0 Å². The number of aryl methyl sites for hydroxylation is 1. The highest BCUT2D eigenvalue weighted by Crippen LogP contribution is 2.16. The number of carbonyl (C=O) groups excluding carboxylic acids is 1. The normalized spacial score (nSPS) is 19.6. The molecule has 0 amide bonds. The van der Waals surface area contributed by atoms with Crippen molar-refractivity contribution in [3.63, 3.8) is 0 Å². The summed E-state index contributed by atoms with van der Waals surface area (Å²) in [4.78, 5) is 11.3. The molecule has 1 heterocycles. The lowest BCUT2D eigenvalue weighted by Crippen LogP contribution is -2.39. The van der Waals surface area contributed by atoms with Gasteiger partial charge in [-0.3, -0.25) is 4.79 Å². The van der Waals surface area contributed by atoms with E-state index in [0.29, 0.717) is 13.0 Å². The van der Waals surface area contributed by atoms with E-state index in [1.165, 1.54) is 12.1 Å². The second-order valence-electron chi connectivity index (χ2n) is 5.14. The van der Waals surface area contributed by atoms with Gasteiger partial charge in [-0.25, -0.2) is 0 Å². The van der Waals surface area contributed by atoms with Gasteiger partial charge in [-0.15, -0.1) is 0 Å². The molecule has 0 bridgehead atoms. The maximum absolute atomic E-state index is 12.0. The Morgan fingerprint density at radius 3 is 2.67 bits per heavy atom. The SMILES string of the molecule is CC(CCc1ccc(OC(F)F)cc1)NC1CCOC1=O. The molecule has 0 saturated carbocycles. The number of alkyl halides is 2. The summed E-state index contributed by atoms with van der Waals surface area (Å²) in [5, 5.41) is 3.24. The fourth-order valence-electron chi connectivity index (χ4n) is 2.29. The Kier molecular flexibility index (Phi) is 5.50. The van der Waals surface area contributed by atoms with E-state index < -0.39 is 6.61 Å². The van der Waals surface area contributed by atoms with Crippen LogP contribution < -0.4 is 10.1 Å². The molecule has 1 aromatic rings. The Hall–Kier alpha value is -1.69. The van der Waals surface area contributed by atoms with Gasteiger partial charge in [0.25, 0.3) is 0 Å². The number of rotatable bonds is 7. The van der Waals surface area contributed by atoms with E-state index in [1.54, 1.807) is 12.1 Å². The fourth-order valence-corrected chi connectivity index (χ4v) is 2.29. The highest BCUT2D eigenvalue weighted by atomic mass is 19.3. The Labute approximate surface area is 122 Å². The van der Waals surface area contributed by atoms with E-state index in [4.69, 9.17) is 4.74 Å². The average Bonchev–Trinajstić information content (AvgIpc) is 2.83. The first kappa shape index (κ1) is 15.7. The van der Waals surface area contributed by atoms with Crippen LogP contribution in [0.25, 0.3) is 0 Å². The van der Waals surface area contributed by atoms with Crippen molar-refractivity contribution in [2.45, 2.75) is 44.9 Å². The molecule has 4 nitrogen and oxygen atoms in total. The molecule has 1 saturated heterocycles. The molecule has 2 atom stereocenters. The van der Waals surface area contributed by atoms with Crippen molar-refractivity contribution in [1.82, 2.24) is 5.32 Å². The summed E-state index contributed by atoms with van der Waals surface area (Å²) >= 11 is 0. The van der Waals surface area contributed by atoms with E-state index in [-0.39, 0.29) is 23.8 Å². The predicted molar refractivity (Wildman–Crippen MR) is 73.4 cm³/mol. The zero-order valence-electron chi connectivity index (χ0n) is 11.9. The van der Waals surface area contributed by atoms with Gasteiger partial charge in [-0.2, -0.15) is 8.78 Å². The monoisotopic (exact) mass is 299 g/mol. The van der Waals surface area contributed by atoms with Gasteiger partial charge in [0, 0.05) is 12.5 Å². The van der Waals surface area contributed by atoms with Crippen LogP contribution in [-0.4, -0.2) is 31.3 Å². The van der Waals surface area contributed by atoms with E-state index >= 15 is 0 Å². The molecule has 1 fully saturated rings. The van der Waals surface area contributed by atoms with Gasteiger partial charge in [0.2, 0.25) is 0 Å². The third-order valence-electron chi connectivity index (χ3n) is 3.44. The summed E-state index contributed by atoms with van der Waals surface area (Å²) in [7, 11) is 0. The standard InChI is InChI=1S/C15H19F2NO3/c1-10(18-13-8-9-20-14(13)19)2-3-11-4-6-12(7-5-11)21-15(16)17/h4-7,10,13,15,18H,2-3,8-9H2,1H3. The molecule has 2 rings (SSSR count). The third-order valence-corrected chi connectivity index (χ3v) is 3.44. The van der Waals surface area contributed by atoms with E-state index in [0.717, 1.165) is 18.4 Å². The molecular weight excluding hydrogens is 280 g/mol. The van der Waals surface area contributed by atoms with E-state index in [9.17, 15) is 13.6 Å². The largest absolute Gasteiger partial charge is 0.464 e. The topological polar surface area (TPSA) is 47.6 Å². The van der Waals surface area contributed by atoms with Crippen LogP contribution >= 0.6 is 0 Å². The van der Waals surface area contributed by atoms with Crippen molar-refractivity contribution in [2.75, 3.05) is 6.61 Å². The molecule has 1 aromatic carbocycles. The predicted octanol–water partition coefficient (Wildman–Crippen LogP) is 2.51. The van der Waals surface area contributed by atoms with Gasteiger partial charge in [-0.1, -0.05) is 12.1 Å². The highest BCUT2D eigenvalue weighted by Gasteiger charge is 2.27. The summed E-state index contributed by atoms with van der Waals surface area (Å²) in [6, 6.07) is 6.59. The maximum Gasteiger partial charge on any atom is 0.387 e. The van der Waals surface area contributed by atoms with E-state index in [1.807, 2.05) is 6.92 Å². The fraction of sp³-hybridized carbons (Fsp3) is 0.533. The molecule has 0 spiro atoms. The van der Waals surface area contributed by atoms with Crippen LogP contribution in [0.3, 0.4) is 0 Å². The smallest absolute Gasteiger partial charge is 0.387 e. The number of hydrogen-bond acceptors (Lipinski definition) is 4. The molecule has 2 unspecified atom stereocenters. The van der Waals surface area contributed by atoms with Crippen LogP contribution in [0.15, 0.2) is 24.3 Å². The lowest BCUT2D eigenvalue weighted by Gasteiger charge is -2.16. The lowest BCUT2D eigenvalue weighted by molar-refractivity contribution is -0.139. The molecule has 0 aromatic heterocycles. The minimum absolute atomic E-state index is 0.161. The number of carbonyl (C=O) groups is 1. The Morgan fingerprint density at radius 2 is 2.10 bits per heavy atom. The first-order valence-electron chi connectivity index (χ1n) is 7.01. The van der Waals surface area contributed by atoms with Gasteiger partial charge in [0.05, 0.1) is 6.61 Å². The summed E-state index contributed by atoms with van der Waals surface area (Å²) in [6.45, 7) is -0.305. The zero-order chi connectivity index (χ0) is 15.2. The molecule has 0 aliphatic carbocycles. The Morgan fingerprint density at radius 1 is 1.38 bits per heavy atom. The average molecular weight is 299 g/mol. The van der Waals surface area contributed by atoms with Gasteiger partial charge in [0.1, 0.15) is 11.8 Å². The first-order valence-corrected chi connectivity index (χ1v) is 7.01. The van der Waals surface area contributed by atoms with Crippen molar-refractivity contribution >= 4 is 5.97 Å². The third kappa shape index (κ3) is 4.97. The molecule has 1 aliphatic rings. The van der Waals surface area contributed by atoms with Gasteiger partial charge < -0.3 is 14.8 Å². The second-order valence-corrected chi connectivity index (χ2v) is 5.14. The Balaban J connectivity index is 1.75. The maximum atomic E-state index is 12.0. The number of cyclic esters (lactones) is 1. The highest BCUT2D eigenvalue weighted by molar-refractivity contribution is 5.77. The van der Waals surface area contributed by atoms with Crippen molar-refractivity contribution in [1.29, 1.82) is 0 Å². The summed E-state index contributed by atoms with van der Waals surface area (Å²) in [6.07, 6.45) is 2.35. The molecule has 1 aliphatic heterocycles. The van der Waals surface area contributed by atoms with Crippen molar-refractivity contribution < 1.29 is 23.0 Å². The van der Waals surface area contributed by atoms with Crippen molar-refractivity contribution in [3.05, 3.63) is 29.8 Å². The lowest BCUT2D eigenvalue weighted by atomic mass is 10.1. The summed E-state index contributed by atoms with van der Waals surface area (Å²) in [5.74, 6) is -0.0241. The number of esters is 1. The van der Waals surface area contributed by atoms with Crippen molar-refractivity contribution in [2.24, 2.45) is 0 Å². The number of halogens is 2. The minimum atomic E-state index is -2.80. The number of benzene rings is 1. The van der Waals surface area contributed by atoms with Crippen molar-refractivity contribution in [3.8, 4) is 5.75 Å². The molecule has 116 valence electrons. The number of ether oxygens (including phenoxy) is 2. The van der Waals surface area contributed by atoms with Gasteiger partial charge >= 0.3 is 12.6 Å². The molecule has 0 radical (unpaired) electrons. The first-order chi connectivity index (χ1) is 10.0. The van der Waals surface area contributed by atoms with Gasteiger partial charge in [-0.05, 0) is 37.5 Å². The van der Waals surface area contributed by atoms with Crippen LogP contribution in [0.2, 0.25) is 0 Å². The van der Waals surface area contributed by atoms with Crippen LogP contribution in [0, 0.1) is 0 Å². The van der Waals surface area contributed by atoms with E-state index in [2.05, 4.69) is 10.1 Å². The molecular formula is C15H19F2NO3. The number of hydrogen-bond donors (Lipinski definition) is 1. The summed E-state index contributed by atoms with van der Waals surface area (Å²) < 4.78 is 33.3. The van der Waals surface area contributed by atoms with Crippen LogP contribution in [0.1, 0.15) is 25.3 Å². The van der Waals surface area contributed by atoms with Crippen LogP contribution in [0.5, 0.6) is 5.75 Å².